The molecule has 0 atom stereocenters. The molecule has 1 fully saturated rings. The van der Waals surface area contributed by atoms with Crippen LogP contribution in [0, 0.1) is 27.7 Å². The number of hydrogen-bond acceptors (Lipinski definition) is 5. The summed E-state index contributed by atoms with van der Waals surface area (Å²) in [4.78, 5) is 14.6. The van der Waals surface area contributed by atoms with Gasteiger partial charge in [0.05, 0.1) is 12.0 Å². The lowest BCUT2D eigenvalue weighted by Gasteiger charge is -2.34. The minimum absolute atomic E-state index is 0.0995. The van der Waals surface area contributed by atoms with E-state index in [0.717, 1.165) is 22.3 Å². The number of alkyl halides is 2. The van der Waals surface area contributed by atoms with Crippen molar-refractivity contribution in [3.63, 3.8) is 0 Å². The molecule has 0 bridgehead atoms. The summed E-state index contributed by atoms with van der Waals surface area (Å²) in [7, 11) is -2.36. The van der Waals surface area contributed by atoms with Crippen LogP contribution in [0.3, 0.4) is 0 Å². The molecule has 3 rings (SSSR count). The number of nitrogens with zero attached hydrogens (tertiary/aromatic N) is 2. The van der Waals surface area contributed by atoms with Gasteiger partial charge in [-0.25, -0.2) is 8.42 Å². The molecular formula is C25H30F2N2O5S. The molecule has 7 nitrogen and oxygen atoms in total. The van der Waals surface area contributed by atoms with Gasteiger partial charge in [-0.2, -0.15) is 13.1 Å². The van der Waals surface area contributed by atoms with Gasteiger partial charge in [-0.1, -0.05) is 12.1 Å². The van der Waals surface area contributed by atoms with Gasteiger partial charge in [0.1, 0.15) is 0 Å². The lowest BCUT2D eigenvalue weighted by atomic mass is 10.0. The van der Waals surface area contributed by atoms with Crippen molar-refractivity contribution >= 4 is 22.0 Å². The lowest BCUT2D eigenvalue weighted by Crippen LogP contribution is -2.50. The maximum Gasteiger partial charge on any atom is 0.387 e. The Morgan fingerprint density at radius 3 is 2.11 bits per heavy atom. The number of ether oxygens (including phenoxy) is 2. The predicted octanol–water partition coefficient (Wildman–Crippen LogP) is 4.08. The van der Waals surface area contributed by atoms with Crippen molar-refractivity contribution in [1.29, 1.82) is 0 Å². The van der Waals surface area contributed by atoms with Crippen molar-refractivity contribution < 1.29 is 31.5 Å². The number of hydrogen-bond donors (Lipinski definition) is 0. The molecule has 0 aliphatic carbocycles. The van der Waals surface area contributed by atoms with Gasteiger partial charge < -0.3 is 14.4 Å². The summed E-state index contributed by atoms with van der Waals surface area (Å²) in [6.45, 7) is 5.38. The zero-order valence-electron chi connectivity index (χ0n) is 20.5. The average Bonchev–Trinajstić information content (AvgIpc) is 2.81. The third kappa shape index (κ3) is 5.82. The van der Waals surface area contributed by atoms with Gasteiger partial charge in [0.25, 0.3) is 0 Å². The summed E-state index contributed by atoms with van der Waals surface area (Å²) >= 11 is 0. The Kier molecular flexibility index (Phi) is 8.17. The Labute approximate surface area is 205 Å². The quantitative estimate of drug-likeness (QED) is 0.527. The van der Waals surface area contributed by atoms with Gasteiger partial charge in [0, 0.05) is 32.3 Å². The third-order valence-corrected chi connectivity index (χ3v) is 8.44. The maximum atomic E-state index is 13.4. The highest BCUT2D eigenvalue weighted by atomic mass is 32.2. The van der Waals surface area contributed by atoms with Crippen LogP contribution in [-0.4, -0.2) is 63.4 Å². The Balaban J connectivity index is 1.68. The Hall–Kier alpha value is -2.98. The maximum absolute atomic E-state index is 13.4. The minimum atomic E-state index is -3.70. The molecule has 0 N–H and O–H groups in total. The van der Waals surface area contributed by atoms with Gasteiger partial charge >= 0.3 is 6.61 Å². The van der Waals surface area contributed by atoms with Crippen LogP contribution in [0.4, 0.5) is 8.78 Å². The second kappa shape index (κ2) is 10.7. The van der Waals surface area contributed by atoms with E-state index in [0.29, 0.717) is 10.5 Å². The van der Waals surface area contributed by atoms with Crippen LogP contribution >= 0.6 is 0 Å². The SMILES string of the molecule is COc1cc(C=CC(=O)N2CCN(S(=O)(=O)c3c(C)c(C)cc(C)c3C)CC2)ccc1OC(F)F. The third-order valence-electron chi connectivity index (χ3n) is 6.27. The molecule has 35 heavy (non-hydrogen) atoms. The average molecular weight is 509 g/mol. The van der Waals surface area contributed by atoms with E-state index < -0.39 is 16.6 Å². The summed E-state index contributed by atoms with van der Waals surface area (Å²) < 4.78 is 62.7. The van der Waals surface area contributed by atoms with Gasteiger partial charge in [-0.05, 0) is 73.7 Å². The molecule has 0 aromatic heterocycles. The predicted molar refractivity (Wildman–Crippen MR) is 129 cm³/mol. The molecule has 0 unspecified atom stereocenters. The van der Waals surface area contributed by atoms with Crippen LogP contribution in [0.5, 0.6) is 11.5 Å². The van der Waals surface area contributed by atoms with E-state index in [1.54, 1.807) is 11.0 Å². The van der Waals surface area contributed by atoms with E-state index >= 15 is 0 Å². The van der Waals surface area contributed by atoms with E-state index in [1.807, 2.05) is 33.8 Å². The van der Waals surface area contributed by atoms with Crippen molar-refractivity contribution in [2.24, 2.45) is 0 Å². The summed E-state index contributed by atoms with van der Waals surface area (Å²) in [5.74, 6) is -0.249. The van der Waals surface area contributed by atoms with Crippen LogP contribution < -0.4 is 9.47 Å². The number of amides is 1. The summed E-state index contributed by atoms with van der Waals surface area (Å²) in [6, 6.07) is 6.35. The van der Waals surface area contributed by atoms with Crippen LogP contribution in [0.25, 0.3) is 6.08 Å². The first-order chi connectivity index (χ1) is 16.4. The largest absolute Gasteiger partial charge is 0.493 e. The monoisotopic (exact) mass is 508 g/mol. The van der Waals surface area contributed by atoms with Crippen LogP contribution in [0.1, 0.15) is 27.8 Å². The van der Waals surface area contributed by atoms with Crippen molar-refractivity contribution in [2.45, 2.75) is 39.2 Å². The Morgan fingerprint density at radius 1 is 0.971 bits per heavy atom. The number of methoxy groups -OCH3 is 1. The number of halogens is 2. The fourth-order valence-corrected chi connectivity index (χ4v) is 6.10. The van der Waals surface area contributed by atoms with E-state index in [-0.39, 0.29) is 43.6 Å². The van der Waals surface area contributed by atoms with Crippen molar-refractivity contribution in [3.8, 4) is 11.5 Å². The minimum Gasteiger partial charge on any atom is -0.493 e. The van der Waals surface area contributed by atoms with Crippen LogP contribution in [0.15, 0.2) is 35.2 Å². The number of sulfonamides is 1. The molecule has 1 aliphatic rings. The summed E-state index contributed by atoms with van der Waals surface area (Å²) in [5.41, 5.74) is 3.91. The first kappa shape index (κ1) is 26.6. The number of piperazine rings is 1. The number of rotatable bonds is 7. The molecule has 1 amide bonds. The second-order valence-electron chi connectivity index (χ2n) is 8.44. The number of benzene rings is 2. The molecule has 190 valence electrons. The van der Waals surface area contributed by atoms with Gasteiger partial charge in [-0.15, -0.1) is 0 Å². The molecule has 1 saturated heterocycles. The fourth-order valence-electron chi connectivity index (χ4n) is 4.10. The Bertz CT molecular complexity index is 1210. The van der Waals surface area contributed by atoms with Gasteiger partial charge in [0.15, 0.2) is 11.5 Å². The van der Waals surface area contributed by atoms with Crippen LogP contribution in [-0.2, 0) is 14.8 Å². The smallest absolute Gasteiger partial charge is 0.387 e. The first-order valence-electron chi connectivity index (χ1n) is 11.1. The number of aryl methyl sites for hydroxylation is 2. The highest BCUT2D eigenvalue weighted by molar-refractivity contribution is 7.89. The number of carbonyl (C=O) groups is 1. The lowest BCUT2D eigenvalue weighted by molar-refractivity contribution is -0.127. The summed E-state index contributed by atoms with van der Waals surface area (Å²) in [6.07, 6.45) is 2.91. The standard InChI is InChI=1S/C25H30F2N2O5S/c1-16-14-17(2)19(4)24(18(16)3)35(31,32)29-12-10-28(11-13-29)23(30)9-7-20-6-8-21(34-25(26)27)22(15-20)33-5/h6-9,14-15,25H,10-13H2,1-5H3. The molecule has 2 aromatic rings. The molecule has 1 heterocycles. The molecule has 1 aliphatic heterocycles. The zero-order chi connectivity index (χ0) is 25.9. The molecule has 0 spiro atoms. The topological polar surface area (TPSA) is 76.2 Å². The number of carbonyl (C=O) groups excluding carboxylic acids is 1. The molecular weight excluding hydrogens is 478 g/mol. The fraction of sp³-hybridized carbons (Fsp3) is 0.400. The van der Waals surface area contributed by atoms with Crippen molar-refractivity contribution in [3.05, 3.63) is 58.2 Å². The van der Waals surface area contributed by atoms with Crippen molar-refractivity contribution in [1.82, 2.24) is 9.21 Å². The van der Waals surface area contributed by atoms with E-state index in [2.05, 4.69) is 4.74 Å². The molecule has 10 heteroatoms. The van der Waals surface area contributed by atoms with Crippen molar-refractivity contribution in [2.75, 3.05) is 33.3 Å². The van der Waals surface area contributed by atoms with E-state index in [9.17, 15) is 22.0 Å². The molecule has 2 aromatic carbocycles. The Morgan fingerprint density at radius 2 is 1.57 bits per heavy atom. The summed E-state index contributed by atoms with van der Waals surface area (Å²) in [5, 5.41) is 0. The van der Waals surface area contributed by atoms with Crippen LogP contribution in [0.2, 0.25) is 0 Å². The molecule has 0 saturated carbocycles. The van der Waals surface area contributed by atoms with E-state index in [4.69, 9.17) is 4.74 Å². The van der Waals surface area contributed by atoms with Gasteiger partial charge in [-0.3, -0.25) is 4.79 Å². The zero-order valence-corrected chi connectivity index (χ0v) is 21.3. The van der Waals surface area contributed by atoms with E-state index in [1.165, 1.54) is 35.7 Å². The first-order valence-corrected chi connectivity index (χ1v) is 12.6. The van der Waals surface area contributed by atoms with Gasteiger partial charge in [0.2, 0.25) is 15.9 Å². The normalized spacial score (nSPS) is 15.1. The second-order valence-corrected chi connectivity index (χ2v) is 10.3. The molecule has 0 radical (unpaired) electrons. The highest BCUT2D eigenvalue weighted by Gasteiger charge is 2.32. The highest BCUT2D eigenvalue weighted by Crippen LogP contribution is 2.31.